The number of carboxylic acids is 1. The zero-order valence-electron chi connectivity index (χ0n) is 14.3. The summed E-state index contributed by atoms with van der Waals surface area (Å²) in [5.41, 5.74) is -0.226. The molecule has 0 spiro atoms. The molecule has 1 saturated carbocycles. The maximum atomic E-state index is 12.9. The Morgan fingerprint density at radius 2 is 1.96 bits per heavy atom. The summed E-state index contributed by atoms with van der Waals surface area (Å²) in [6.45, 7) is 1.84. The Balaban J connectivity index is 1.57. The van der Waals surface area contributed by atoms with E-state index in [4.69, 9.17) is 4.74 Å². The molecule has 1 amide bonds. The number of benzene rings is 1. The van der Waals surface area contributed by atoms with Crippen LogP contribution in [0.3, 0.4) is 0 Å². The van der Waals surface area contributed by atoms with Crippen molar-refractivity contribution in [1.82, 2.24) is 9.80 Å². The minimum absolute atomic E-state index is 0.0000710. The first-order valence-corrected chi connectivity index (χ1v) is 9.10. The number of aliphatic carboxylic acids is 1. The van der Waals surface area contributed by atoms with Crippen LogP contribution in [-0.4, -0.2) is 57.7 Å². The van der Waals surface area contributed by atoms with Gasteiger partial charge in [-0.05, 0) is 44.2 Å². The number of carboxylic acid groups (broad SMARTS) is 1. The van der Waals surface area contributed by atoms with E-state index in [0.717, 1.165) is 44.3 Å². The normalized spacial score (nSPS) is 28.6. The Kier molecular flexibility index (Phi) is 4.15. The molecule has 2 unspecified atom stereocenters. The lowest BCUT2D eigenvalue weighted by Gasteiger charge is -2.41. The van der Waals surface area contributed by atoms with Crippen molar-refractivity contribution in [3.05, 3.63) is 35.9 Å². The first kappa shape index (κ1) is 16.4. The molecule has 0 radical (unpaired) electrons. The molecule has 1 aliphatic carbocycles. The summed E-state index contributed by atoms with van der Waals surface area (Å²) in [4.78, 5) is 29.1. The molecular weight excluding hydrogens is 320 g/mol. The van der Waals surface area contributed by atoms with Crippen molar-refractivity contribution in [2.75, 3.05) is 13.1 Å². The average Bonchev–Trinajstić information content (AvgIpc) is 3.20. The fourth-order valence-corrected chi connectivity index (χ4v) is 4.51. The van der Waals surface area contributed by atoms with Gasteiger partial charge in [0.15, 0.2) is 5.54 Å². The first-order valence-electron chi connectivity index (χ1n) is 9.10. The number of rotatable bonds is 5. The summed E-state index contributed by atoms with van der Waals surface area (Å²) < 4.78 is 5.53. The summed E-state index contributed by atoms with van der Waals surface area (Å²) in [6.07, 6.45) is 3.56. The highest BCUT2D eigenvalue weighted by atomic mass is 16.6. The van der Waals surface area contributed by atoms with Gasteiger partial charge < -0.3 is 9.84 Å². The molecule has 0 aromatic heterocycles. The smallest absolute Gasteiger partial charge is 0.411 e. The van der Waals surface area contributed by atoms with Crippen LogP contribution in [-0.2, 0) is 16.1 Å². The number of carbonyl (C=O) groups excluding carboxylic acids is 1. The Hall–Kier alpha value is -2.08. The van der Waals surface area contributed by atoms with Gasteiger partial charge >= 0.3 is 12.1 Å². The van der Waals surface area contributed by atoms with Gasteiger partial charge in [-0.1, -0.05) is 30.3 Å². The second-order valence-corrected chi connectivity index (χ2v) is 7.31. The van der Waals surface area contributed by atoms with Gasteiger partial charge in [0.1, 0.15) is 6.61 Å². The standard InChI is InChI=1S/C19H24N2O4/c22-17(23)19(10-12-20-11-4-7-16(19)20)21(15-8-9-15)18(24)25-13-14-5-2-1-3-6-14/h1-3,5-6,15-16H,4,7-13H2,(H,22,23). The summed E-state index contributed by atoms with van der Waals surface area (Å²) in [7, 11) is 0. The van der Waals surface area contributed by atoms with Gasteiger partial charge in [0.2, 0.25) is 0 Å². The van der Waals surface area contributed by atoms with Crippen molar-refractivity contribution >= 4 is 12.1 Å². The topological polar surface area (TPSA) is 70.1 Å². The highest BCUT2D eigenvalue weighted by Gasteiger charge is 2.62. The molecule has 3 fully saturated rings. The Morgan fingerprint density at radius 1 is 1.20 bits per heavy atom. The molecule has 6 heteroatoms. The second kappa shape index (κ2) is 6.33. The summed E-state index contributed by atoms with van der Waals surface area (Å²) in [5, 5.41) is 10.1. The number of ether oxygens (including phenoxy) is 1. The van der Waals surface area contributed by atoms with Gasteiger partial charge in [0.25, 0.3) is 0 Å². The molecular formula is C19H24N2O4. The third-order valence-electron chi connectivity index (χ3n) is 5.81. The van der Waals surface area contributed by atoms with Gasteiger partial charge in [-0.3, -0.25) is 9.80 Å². The highest BCUT2D eigenvalue weighted by Crippen LogP contribution is 2.45. The van der Waals surface area contributed by atoms with Gasteiger partial charge in [-0.25, -0.2) is 9.59 Å². The van der Waals surface area contributed by atoms with Gasteiger partial charge in [0.05, 0.1) is 0 Å². The largest absolute Gasteiger partial charge is 0.479 e. The fourth-order valence-electron chi connectivity index (χ4n) is 4.51. The van der Waals surface area contributed by atoms with Crippen LogP contribution in [0.25, 0.3) is 0 Å². The molecule has 1 N–H and O–H groups in total. The first-order chi connectivity index (χ1) is 12.1. The molecule has 2 saturated heterocycles. The van der Waals surface area contributed by atoms with E-state index in [1.54, 1.807) is 4.90 Å². The monoisotopic (exact) mass is 344 g/mol. The van der Waals surface area contributed by atoms with E-state index in [0.29, 0.717) is 6.42 Å². The van der Waals surface area contributed by atoms with Gasteiger partial charge in [-0.2, -0.15) is 0 Å². The molecule has 1 aromatic carbocycles. The van der Waals surface area contributed by atoms with E-state index >= 15 is 0 Å². The molecule has 134 valence electrons. The van der Waals surface area contributed by atoms with Crippen LogP contribution >= 0.6 is 0 Å². The van der Waals surface area contributed by atoms with Crippen LogP contribution in [0.5, 0.6) is 0 Å². The van der Waals surface area contributed by atoms with E-state index in [-0.39, 0.29) is 18.7 Å². The van der Waals surface area contributed by atoms with E-state index in [2.05, 4.69) is 4.90 Å². The quantitative estimate of drug-likeness (QED) is 0.889. The van der Waals surface area contributed by atoms with Crippen LogP contribution in [0.2, 0.25) is 0 Å². The van der Waals surface area contributed by atoms with Crippen LogP contribution in [0.4, 0.5) is 4.79 Å². The number of hydrogen-bond donors (Lipinski definition) is 1. The lowest BCUT2D eigenvalue weighted by molar-refractivity contribution is -0.152. The molecule has 1 aromatic rings. The van der Waals surface area contributed by atoms with E-state index in [1.165, 1.54) is 0 Å². The van der Waals surface area contributed by atoms with Crippen LogP contribution in [0, 0.1) is 0 Å². The summed E-state index contributed by atoms with van der Waals surface area (Å²) >= 11 is 0. The van der Waals surface area contributed by atoms with Crippen molar-refractivity contribution in [2.45, 2.75) is 56.3 Å². The predicted molar refractivity (Wildman–Crippen MR) is 91.1 cm³/mol. The van der Waals surface area contributed by atoms with Gasteiger partial charge in [-0.15, -0.1) is 0 Å². The maximum Gasteiger partial charge on any atom is 0.411 e. The molecule has 4 rings (SSSR count). The molecule has 2 heterocycles. The summed E-state index contributed by atoms with van der Waals surface area (Å²) in [5.74, 6) is -0.884. The molecule has 6 nitrogen and oxygen atoms in total. The number of fused-ring (bicyclic) bond motifs is 1. The summed E-state index contributed by atoms with van der Waals surface area (Å²) in [6, 6.07) is 9.41. The molecule has 0 bridgehead atoms. The molecule has 2 aliphatic heterocycles. The van der Waals surface area contributed by atoms with Crippen molar-refractivity contribution in [3.8, 4) is 0 Å². The fraction of sp³-hybridized carbons (Fsp3) is 0.579. The van der Waals surface area contributed by atoms with E-state index < -0.39 is 17.6 Å². The van der Waals surface area contributed by atoms with Crippen molar-refractivity contribution in [1.29, 1.82) is 0 Å². The third kappa shape index (κ3) is 2.78. The SMILES string of the molecule is O=C(OCc1ccccc1)N(C1CC1)C1(C(=O)O)CCN2CCCC21. The highest BCUT2D eigenvalue weighted by molar-refractivity contribution is 5.86. The number of carbonyl (C=O) groups is 2. The lowest BCUT2D eigenvalue weighted by Crippen LogP contribution is -2.63. The van der Waals surface area contributed by atoms with Gasteiger partial charge in [0, 0.05) is 18.6 Å². The van der Waals surface area contributed by atoms with E-state index in [1.807, 2.05) is 30.3 Å². The van der Waals surface area contributed by atoms with Crippen LogP contribution in [0.15, 0.2) is 30.3 Å². The number of nitrogens with zero attached hydrogens (tertiary/aromatic N) is 2. The third-order valence-corrected chi connectivity index (χ3v) is 5.81. The van der Waals surface area contributed by atoms with Crippen molar-refractivity contribution in [2.24, 2.45) is 0 Å². The van der Waals surface area contributed by atoms with Crippen LogP contribution in [0.1, 0.15) is 37.7 Å². The maximum absolute atomic E-state index is 12.9. The second-order valence-electron chi connectivity index (χ2n) is 7.31. The number of amides is 1. The molecule has 3 aliphatic rings. The predicted octanol–water partition coefficient (Wildman–Crippen LogP) is 2.48. The minimum atomic E-state index is -1.13. The molecule has 2 atom stereocenters. The van der Waals surface area contributed by atoms with Crippen molar-refractivity contribution in [3.63, 3.8) is 0 Å². The Labute approximate surface area is 147 Å². The Bertz CT molecular complexity index is 661. The number of hydrogen-bond acceptors (Lipinski definition) is 4. The Morgan fingerprint density at radius 3 is 2.64 bits per heavy atom. The van der Waals surface area contributed by atoms with Crippen molar-refractivity contribution < 1.29 is 19.4 Å². The zero-order valence-corrected chi connectivity index (χ0v) is 14.3. The average molecular weight is 344 g/mol. The van der Waals surface area contributed by atoms with E-state index in [9.17, 15) is 14.7 Å². The zero-order chi connectivity index (χ0) is 17.4. The lowest BCUT2D eigenvalue weighted by atomic mass is 9.86. The van der Waals surface area contributed by atoms with Crippen LogP contribution < -0.4 is 0 Å². The molecule has 25 heavy (non-hydrogen) atoms. The minimum Gasteiger partial charge on any atom is -0.479 e.